The molecule has 0 saturated carbocycles. The SMILES string of the molecule is CS(=O)(=O)N(CC(=O)NCCOc1ccc2ccccc2c1)c1ccc(Cl)cc1Cl. The first kappa shape index (κ1) is 22.2. The zero-order valence-electron chi connectivity index (χ0n) is 16.1. The predicted molar refractivity (Wildman–Crippen MR) is 121 cm³/mol. The summed E-state index contributed by atoms with van der Waals surface area (Å²) in [4.78, 5) is 12.3. The number of hydrogen-bond donors (Lipinski definition) is 1. The highest BCUT2D eigenvalue weighted by atomic mass is 35.5. The zero-order valence-corrected chi connectivity index (χ0v) is 18.5. The number of hydrogen-bond acceptors (Lipinski definition) is 4. The Kier molecular flexibility index (Phi) is 7.07. The second-order valence-electron chi connectivity index (χ2n) is 6.57. The lowest BCUT2D eigenvalue weighted by Crippen LogP contribution is -2.41. The molecule has 0 spiro atoms. The third kappa shape index (κ3) is 5.78. The molecule has 3 aromatic rings. The molecule has 30 heavy (non-hydrogen) atoms. The van der Waals surface area contributed by atoms with E-state index < -0.39 is 22.5 Å². The van der Waals surface area contributed by atoms with E-state index in [1.807, 2.05) is 42.5 Å². The van der Waals surface area contributed by atoms with E-state index in [1.54, 1.807) is 0 Å². The monoisotopic (exact) mass is 466 g/mol. The van der Waals surface area contributed by atoms with E-state index in [-0.39, 0.29) is 23.9 Å². The average Bonchev–Trinajstić information content (AvgIpc) is 2.69. The van der Waals surface area contributed by atoms with Crippen molar-refractivity contribution in [2.24, 2.45) is 0 Å². The standard InChI is InChI=1S/C21H20Cl2N2O4S/c1-30(27,28)25(20-9-7-17(22)13-19(20)23)14-21(26)24-10-11-29-18-8-6-15-4-2-3-5-16(15)12-18/h2-9,12-13H,10-11,14H2,1H3,(H,24,26). The number of rotatable bonds is 8. The maximum atomic E-state index is 12.3. The van der Waals surface area contributed by atoms with Crippen LogP contribution in [0, 0.1) is 0 Å². The number of carbonyl (C=O) groups is 1. The van der Waals surface area contributed by atoms with E-state index in [9.17, 15) is 13.2 Å². The Labute approximate surface area is 185 Å². The number of nitrogens with zero attached hydrogens (tertiary/aromatic N) is 1. The second-order valence-corrected chi connectivity index (χ2v) is 9.32. The Morgan fingerprint density at radius 1 is 1.03 bits per heavy atom. The molecule has 158 valence electrons. The molecule has 0 bridgehead atoms. The van der Waals surface area contributed by atoms with Gasteiger partial charge in [-0.05, 0) is 41.1 Å². The van der Waals surface area contributed by atoms with Crippen molar-refractivity contribution in [1.29, 1.82) is 0 Å². The highest BCUT2D eigenvalue weighted by molar-refractivity contribution is 7.92. The maximum absolute atomic E-state index is 12.3. The lowest BCUT2D eigenvalue weighted by atomic mass is 10.1. The summed E-state index contributed by atoms with van der Waals surface area (Å²) in [5.41, 5.74) is 0.186. The number of anilines is 1. The van der Waals surface area contributed by atoms with Crippen molar-refractivity contribution in [1.82, 2.24) is 5.32 Å². The Morgan fingerprint density at radius 2 is 1.77 bits per heavy atom. The molecular formula is C21H20Cl2N2O4S. The van der Waals surface area contributed by atoms with Gasteiger partial charge in [0, 0.05) is 5.02 Å². The summed E-state index contributed by atoms with van der Waals surface area (Å²) in [6, 6.07) is 18.1. The van der Waals surface area contributed by atoms with Crippen LogP contribution in [0.5, 0.6) is 5.75 Å². The van der Waals surface area contributed by atoms with Gasteiger partial charge in [0.05, 0.1) is 23.5 Å². The summed E-state index contributed by atoms with van der Waals surface area (Å²) in [6.45, 7) is 0.0540. The molecule has 0 heterocycles. The number of benzene rings is 3. The van der Waals surface area contributed by atoms with Crippen molar-refractivity contribution < 1.29 is 17.9 Å². The van der Waals surface area contributed by atoms with Gasteiger partial charge >= 0.3 is 0 Å². The van der Waals surface area contributed by atoms with Gasteiger partial charge in [-0.3, -0.25) is 9.10 Å². The minimum absolute atomic E-state index is 0.139. The number of ether oxygens (including phenoxy) is 1. The third-order valence-electron chi connectivity index (χ3n) is 4.28. The molecule has 0 aliphatic heterocycles. The van der Waals surface area contributed by atoms with Crippen molar-refractivity contribution >= 4 is 55.6 Å². The highest BCUT2D eigenvalue weighted by Gasteiger charge is 2.23. The lowest BCUT2D eigenvalue weighted by molar-refractivity contribution is -0.119. The summed E-state index contributed by atoms with van der Waals surface area (Å²) in [5, 5.41) is 5.33. The molecule has 0 radical (unpaired) electrons. The van der Waals surface area contributed by atoms with Crippen LogP contribution in [0.2, 0.25) is 10.0 Å². The van der Waals surface area contributed by atoms with E-state index in [0.717, 1.165) is 21.3 Å². The number of sulfonamides is 1. The molecule has 6 nitrogen and oxygen atoms in total. The second kappa shape index (κ2) is 9.55. The van der Waals surface area contributed by atoms with Crippen LogP contribution in [0.4, 0.5) is 5.69 Å². The topological polar surface area (TPSA) is 75.7 Å². The van der Waals surface area contributed by atoms with Crippen LogP contribution >= 0.6 is 23.2 Å². The maximum Gasteiger partial charge on any atom is 0.240 e. The molecule has 0 aliphatic carbocycles. The predicted octanol–water partition coefficient (Wildman–Crippen LogP) is 4.11. The molecular weight excluding hydrogens is 447 g/mol. The first-order valence-electron chi connectivity index (χ1n) is 9.05. The largest absolute Gasteiger partial charge is 0.492 e. The number of halogens is 2. The van der Waals surface area contributed by atoms with Crippen molar-refractivity contribution in [3.63, 3.8) is 0 Å². The number of fused-ring (bicyclic) bond motifs is 1. The molecule has 0 atom stereocenters. The van der Waals surface area contributed by atoms with E-state index >= 15 is 0 Å². The van der Waals surface area contributed by atoms with Crippen LogP contribution in [0.15, 0.2) is 60.7 Å². The van der Waals surface area contributed by atoms with Crippen molar-refractivity contribution in [3.05, 3.63) is 70.7 Å². The Bertz CT molecular complexity index is 1170. The molecule has 0 aliphatic rings. The first-order valence-corrected chi connectivity index (χ1v) is 11.7. The summed E-state index contributed by atoms with van der Waals surface area (Å²) in [6.07, 6.45) is 1.01. The van der Waals surface area contributed by atoms with Crippen molar-refractivity contribution in [3.8, 4) is 5.75 Å². The van der Waals surface area contributed by atoms with Crippen LogP contribution in [0.25, 0.3) is 10.8 Å². The molecule has 3 aromatic carbocycles. The lowest BCUT2D eigenvalue weighted by Gasteiger charge is -2.23. The number of carbonyl (C=O) groups excluding carboxylic acids is 1. The molecule has 3 rings (SSSR count). The van der Waals surface area contributed by atoms with Crippen LogP contribution in [-0.2, 0) is 14.8 Å². The Hall–Kier alpha value is -2.48. The van der Waals surface area contributed by atoms with E-state index in [1.165, 1.54) is 18.2 Å². The molecule has 9 heteroatoms. The van der Waals surface area contributed by atoms with Crippen LogP contribution < -0.4 is 14.4 Å². The fourth-order valence-electron chi connectivity index (χ4n) is 2.87. The molecule has 1 N–H and O–H groups in total. The fourth-order valence-corrected chi connectivity index (χ4v) is 4.30. The van der Waals surface area contributed by atoms with Gasteiger partial charge in [-0.1, -0.05) is 53.5 Å². The Balaban J connectivity index is 1.56. The van der Waals surface area contributed by atoms with Crippen LogP contribution in [0.1, 0.15) is 0 Å². The quantitative estimate of drug-likeness (QED) is 0.506. The molecule has 0 saturated heterocycles. The van der Waals surface area contributed by atoms with Crippen molar-refractivity contribution in [2.45, 2.75) is 0 Å². The zero-order chi connectivity index (χ0) is 21.7. The van der Waals surface area contributed by atoms with Crippen molar-refractivity contribution in [2.75, 3.05) is 30.3 Å². The molecule has 0 fully saturated rings. The first-order chi connectivity index (χ1) is 14.2. The van der Waals surface area contributed by atoms with E-state index in [2.05, 4.69) is 5.32 Å². The summed E-state index contributed by atoms with van der Waals surface area (Å²) in [5.74, 6) is 0.210. The summed E-state index contributed by atoms with van der Waals surface area (Å²) >= 11 is 12.0. The van der Waals surface area contributed by atoms with E-state index in [4.69, 9.17) is 27.9 Å². The van der Waals surface area contributed by atoms with Gasteiger partial charge in [-0.25, -0.2) is 8.42 Å². The number of amides is 1. The molecule has 1 amide bonds. The fraction of sp³-hybridized carbons (Fsp3) is 0.190. The van der Waals surface area contributed by atoms with Crippen LogP contribution in [0.3, 0.4) is 0 Å². The van der Waals surface area contributed by atoms with Gasteiger partial charge in [-0.2, -0.15) is 0 Å². The third-order valence-corrected chi connectivity index (χ3v) is 5.94. The van der Waals surface area contributed by atoms with Gasteiger partial charge in [-0.15, -0.1) is 0 Å². The number of nitrogens with one attached hydrogen (secondary N) is 1. The Morgan fingerprint density at radius 3 is 2.47 bits per heavy atom. The minimum Gasteiger partial charge on any atom is -0.492 e. The van der Waals surface area contributed by atoms with Gasteiger partial charge in [0.2, 0.25) is 15.9 Å². The smallest absolute Gasteiger partial charge is 0.240 e. The highest BCUT2D eigenvalue weighted by Crippen LogP contribution is 2.30. The summed E-state index contributed by atoms with van der Waals surface area (Å²) in [7, 11) is -3.73. The van der Waals surface area contributed by atoms with E-state index in [0.29, 0.717) is 10.8 Å². The van der Waals surface area contributed by atoms with Gasteiger partial charge in [0.15, 0.2) is 0 Å². The van der Waals surface area contributed by atoms with Gasteiger partial charge in [0.1, 0.15) is 18.9 Å². The normalized spacial score (nSPS) is 11.3. The van der Waals surface area contributed by atoms with Gasteiger partial charge < -0.3 is 10.1 Å². The molecule has 0 unspecified atom stereocenters. The van der Waals surface area contributed by atoms with Gasteiger partial charge in [0.25, 0.3) is 0 Å². The average molecular weight is 467 g/mol. The summed E-state index contributed by atoms with van der Waals surface area (Å²) < 4.78 is 30.9. The minimum atomic E-state index is -3.73. The van der Waals surface area contributed by atoms with Crippen LogP contribution in [-0.4, -0.2) is 40.3 Å². The molecule has 0 aromatic heterocycles.